The smallest absolute Gasteiger partial charge is 0.264 e. The van der Waals surface area contributed by atoms with Crippen LogP contribution in [0.5, 0.6) is 5.75 Å². The van der Waals surface area contributed by atoms with Gasteiger partial charge in [0.2, 0.25) is 11.8 Å². The van der Waals surface area contributed by atoms with Gasteiger partial charge in [-0.25, -0.2) is 12.8 Å². The zero-order valence-corrected chi connectivity index (χ0v) is 29.2. The van der Waals surface area contributed by atoms with Crippen LogP contribution in [0, 0.1) is 12.7 Å². The van der Waals surface area contributed by atoms with E-state index < -0.39 is 34.3 Å². The summed E-state index contributed by atoms with van der Waals surface area (Å²) >= 11 is 3.37. The molecule has 8 nitrogen and oxygen atoms in total. The van der Waals surface area contributed by atoms with Crippen LogP contribution >= 0.6 is 15.9 Å². The van der Waals surface area contributed by atoms with Crippen molar-refractivity contribution in [1.82, 2.24) is 10.2 Å². The van der Waals surface area contributed by atoms with Crippen LogP contribution in [-0.4, -0.2) is 50.9 Å². The lowest BCUT2D eigenvalue weighted by atomic mass is 10.0. The molecule has 0 aliphatic rings. The summed E-state index contributed by atoms with van der Waals surface area (Å²) in [6, 6.07) is 25.0. The second-order valence-corrected chi connectivity index (χ2v) is 14.0. The lowest BCUT2D eigenvalue weighted by Gasteiger charge is -2.34. The third-order valence-corrected chi connectivity index (χ3v) is 10.2. The summed E-state index contributed by atoms with van der Waals surface area (Å²) in [6.45, 7) is 5.05. The summed E-state index contributed by atoms with van der Waals surface area (Å²) in [4.78, 5) is 29.8. The molecule has 1 N–H and O–H groups in total. The number of carbonyl (C=O) groups excluding carboxylic acids is 2. The zero-order chi connectivity index (χ0) is 34.1. The van der Waals surface area contributed by atoms with Crippen molar-refractivity contribution >= 4 is 43.5 Å². The first-order chi connectivity index (χ1) is 22.4. The Kier molecular flexibility index (Phi) is 12.2. The van der Waals surface area contributed by atoms with Gasteiger partial charge < -0.3 is 15.0 Å². The first kappa shape index (κ1) is 35.6. The van der Waals surface area contributed by atoms with Crippen molar-refractivity contribution in [2.45, 2.75) is 57.1 Å². The molecule has 0 bridgehead atoms. The van der Waals surface area contributed by atoms with E-state index in [1.165, 1.54) is 42.3 Å². The minimum absolute atomic E-state index is 0.0551. The highest BCUT2D eigenvalue weighted by atomic mass is 79.9. The number of nitrogens with one attached hydrogen (secondary N) is 1. The second-order valence-electron chi connectivity index (χ2n) is 11.3. The van der Waals surface area contributed by atoms with Crippen molar-refractivity contribution in [2.75, 3.05) is 18.0 Å². The number of rotatable bonds is 14. The number of hydrogen-bond acceptors (Lipinski definition) is 5. The quantitative estimate of drug-likeness (QED) is 0.157. The van der Waals surface area contributed by atoms with E-state index in [-0.39, 0.29) is 35.5 Å². The monoisotopic (exact) mass is 723 g/mol. The fraction of sp³-hybridized carbons (Fsp3) is 0.278. The Balaban J connectivity index is 1.81. The highest BCUT2D eigenvalue weighted by molar-refractivity contribution is 9.10. The van der Waals surface area contributed by atoms with E-state index >= 15 is 0 Å². The van der Waals surface area contributed by atoms with Gasteiger partial charge in [0, 0.05) is 19.0 Å². The Bertz CT molecular complexity index is 1770. The lowest BCUT2D eigenvalue weighted by Crippen LogP contribution is -2.54. The van der Waals surface area contributed by atoms with Gasteiger partial charge in [0.25, 0.3) is 10.0 Å². The van der Waals surface area contributed by atoms with Gasteiger partial charge in [-0.15, -0.1) is 0 Å². The molecule has 0 aliphatic heterocycles. The first-order valence-electron chi connectivity index (χ1n) is 15.2. The van der Waals surface area contributed by atoms with Gasteiger partial charge in [0.1, 0.15) is 24.2 Å². The maximum atomic E-state index is 14.5. The SMILES string of the molecule is CC[C@@H](C)NC(=O)[C@@H](Cc1ccccc1)N(Cc1ccc(F)cc1)C(=O)CN(c1ccc(C)cc1)S(=O)(=O)c1ccc(OC)c(Br)c1. The average Bonchev–Trinajstić information content (AvgIpc) is 3.06. The summed E-state index contributed by atoms with van der Waals surface area (Å²) in [6.07, 6.45) is 0.853. The van der Waals surface area contributed by atoms with E-state index in [9.17, 15) is 22.4 Å². The molecular formula is C36H39BrFN3O5S. The number of halogens is 2. The third kappa shape index (κ3) is 9.20. The zero-order valence-electron chi connectivity index (χ0n) is 26.8. The summed E-state index contributed by atoms with van der Waals surface area (Å²) < 4.78 is 49.2. The fourth-order valence-corrected chi connectivity index (χ4v) is 7.09. The topological polar surface area (TPSA) is 96.0 Å². The summed E-state index contributed by atoms with van der Waals surface area (Å²) in [5.74, 6) is -0.971. The van der Waals surface area contributed by atoms with Crippen molar-refractivity contribution in [1.29, 1.82) is 0 Å². The molecule has 0 unspecified atom stereocenters. The Morgan fingerprint density at radius 1 is 0.936 bits per heavy atom. The van der Waals surface area contributed by atoms with Crippen molar-refractivity contribution in [3.63, 3.8) is 0 Å². The van der Waals surface area contributed by atoms with Crippen LogP contribution in [0.2, 0.25) is 0 Å². The molecule has 4 aromatic rings. The molecular weight excluding hydrogens is 685 g/mol. The van der Waals surface area contributed by atoms with Crippen LogP contribution in [0.25, 0.3) is 0 Å². The summed E-state index contributed by atoms with van der Waals surface area (Å²) in [5, 5.41) is 3.00. The number of methoxy groups -OCH3 is 1. The number of sulfonamides is 1. The summed E-state index contributed by atoms with van der Waals surface area (Å²) in [5.41, 5.74) is 2.59. The van der Waals surface area contributed by atoms with Crippen LogP contribution in [-0.2, 0) is 32.6 Å². The van der Waals surface area contributed by atoms with Gasteiger partial charge >= 0.3 is 0 Å². The van der Waals surface area contributed by atoms with Crippen molar-refractivity contribution in [2.24, 2.45) is 0 Å². The number of hydrogen-bond donors (Lipinski definition) is 1. The Hall–Kier alpha value is -4.22. The van der Waals surface area contributed by atoms with Gasteiger partial charge in [0.05, 0.1) is 22.2 Å². The molecule has 2 amide bonds. The Morgan fingerprint density at radius 2 is 1.60 bits per heavy atom. The van der Waals surface area contributed by atoms with E-state index in [4.69, 9.17) is 4.74 Å². The maximum Gasteiger partial charge on any atom is 0.264 e. The molecule has 2 atom stereocenters. The number of amides is 2. The van der Waals surface area contributed by atoms with E-state index in [2.05, 4.69) is 21.2 Å². The standard InChI is InChI=1S/C36H39BrFN3O5S/c1-5-26(3)39-36(43)33(21-27-9-7-6-8-10-27)40(23-28-13-15-29(38)16-14-28)35(42)24-41(30-17-11-25(2)12-18-30)47(44,45)31-19-20-34(46-4)32(37)22-31/h6-20,22,26,33H,5,21,23-24H2,1-4H3,(H,39,43)/t26-,33-/m1/s1. The molecule has 47 heavy (non-hydrogen) atoms. The third-order valence-electron chi connectivity index (χ3n) is 7.85. The minimum Gasteiger partial charge on any atom is -0.496 e. The maximum absolute atomic E-state index is 14.5. The molecule has 0 heterocycles. The van der Waals surface area contributed by atoms with Crippen molar-refractivity contribution in [3.8, 4) is 5.75 Å². The second kappa shape index (κ2) is 16.1. The number of benzene rings is 4. The van der Waals surface area contributed by atoms with Gasteiger partial charge in [-0.2, -0.15) is 0 Å². The van der Waals surface area contributed by atoms with Crippen LogP contribution in [0.15, 0.2) is 106 Å². The predicted molar refractivity (Wildman–Crippen MR) is 185 cm³/mol. The fourth-order valence-electron chi connectivity index (χ4n) is 4.96. The van der Waals surface area contributed by atoms with Crippen LogP contribution in [0.4, 0.5) is 10.1 Å². The van der Waals surface area contributed by atoms with Gasteiger partial charge in [-0.1, -0.05) is 67.1 Å². The molecule has 248 valence electrons. The van der Waals surface area contributed by atoms with Gasteiger partial charge in [-0.05, 0) is 89.8 Å². The number of nitrogens with zero attached hydrogens (tertiary/aromatic N) is 2. The molecule has 0 saturated heterocycles. The number of aryl methyl sites for hydroxylation is 1. The highest BCUT2D eigenvalue weighted by Gasteiger charge is 2.35. The highest BCUT2D eigenvalue weighted by Crippen LogP contribution is 2.31. The number of anilines is 1. The van der Waals surface area contributed by atoms with Crippen molar-refractivity contribution in [3.05, 3.63) is 124 Å². The lowest BCUT2D eigenvalue weighted by molar-refractivity contribution is -0.140. The van der Waals surface area contributed by atoms with E-state index in [1.807, 2.05) is 51.1 Å². The normalized spacial score (nSPS) is 12.6. The van der Waals surface area contributed by atoms with Gasteiger partial charge in [0.15, 0.2) is 0 Å². The largest absolute Gasteiger partial charge is 0.496 e. The van der Waals surface area contributed by atoms with Crippen molar-refractivity contribution < 1.29 is 27.1 Å². The molecule has 4 rings (SSSR count). The number of carbonyl (C=O) groups is 2. The molecule has 0 spiro atoms. The molecule has 0 radical (unpaired) electrons. The predicted octanol–water partition coefficient (Wildman–Crippen LogP) is 6.66. The molecule has 0 fully saturated rings. The number of ether oxygens (including phenoxy) is 1. The van der Waals surface area contributed by atoms with Gasteiger partial charge in [-0.3, -0.25) is 13.9 Å². The van der Waals surface area contributed by atoms with Crippen LogP contribution < -0.4 is 14.4 Å². The van der Waals surface area contributed by atoms with E-state index in [0.717, 1.165) is 15.4 Å². The molecule has 11 heteroatoms. The van der Waals surface area contributed by atoms with Crippen LogP contribution in [0.1, 0.15) is 37.0 Å². The molecule has 0 aromatic heterocycles. The Morgan fingerprint density at radius 3 is 2.19 bits per heavy atom. The minimum atomic E-state index is -4.30. The van der Waals surface area contributed by atoms with Crippen LogP contribution in [0.3, 0.4) is 0 Å². The van der Waals surface area contributed by atoms with E-state index in [1.54, 1.807) is 36.4 Å². The first-order valence-corrected chi connectivity index (χ1v) is 17.5. The Labute approximate surface area is 284 Å². The summed E-state index contributed by atoms with van der Waals surface area (Å²) in [7, 11) is -2.82. The average molecular weight is 725 g/mol. The van der Waals surface area contributed by atoms with E-state index in [0.29, 0.717) is 22.2 Å². The molecule has 0 aliphatic carbocycles. The molecule has 0 saturated carbocycles. The molecule has 4 aromatic carbocycles.